The quantitative estimate of drug-likeness (QED) is 0.648. The van der Waals surface area contributed by atoms with Crippen molar-refractivity contribution in [1.29, 1.82) is 0 Å². The highest BCUT2D eigenvalue weighted by atomic mass is 79.9. The minimum Gasteiger partial charge on any atom is -0.306 e. The van der Waals surface area contributed by atoms with Crippen LogP contribution in [0.1, 0.15) is 24.1 Å². The lowest BCUT2D eigenvalue weighted by Crippen LogP contribution is -2.22. The molecule has 1 N–H and O–H groups in total. The lowest BCUT2D eigenvalue weighted by atomic mass is 10.0. The molecule has 1 nitrogen and oxygen atoms in total. The predicted molar refractivity (Wildman–Crippen MR) is 89.0 cm³/mol. The molecule has 0 bridgehead atoms. The molecule has 102 valence electrons. The molecule has 0 amide bonds. The van der Waals surface area contributed by atoms with Crippen molar-refractivity contribution in [2.45, 2.75) is 13.0 Å². The van der Waals surface area contributed by atoms with Gasteiger partial charge in [0.2, 0.25) is 0 Å². The maximum atomic E-state index is 6.30. The van der Waals surface area contributed by atoms with Gasteiger partial charge in [0.25, 0.3) is 0 Å². The number of hydrogen-bond acceptors (Lipinski definition) is 2. The molecule has 0 aliphatic heterocycles. The monoisotopic (exact) mass is 397 g/mol. The van der Waals surface area contributed by atoms with E-state index in [-0.39, 0.29) is 6.04 Å². The van der Waals surface area contributed by atoms with Gasteiger partial charge >= 0.3 is 0 Å². The van der Waals surface area contributed by atoms with Crippen LogP contribution in [0.2, 0.25) is 13.7 Å². The van der Waals surface area contributed by atoms with E-state index in [1.54, 1.807) is 0 Å². The number of thiophene rings is 1. The smallest absolute Gasteiger partial charge is 0.0995 e. The SMILES string of the molecule is CCNC(c1cc(Br)ccc1Cl)c1cc(Cl)sc1Cl. The van der Waals surface area contributed by atoms with E-state index in [1.165, 1.54) is 11.3 Å². The number of rotatable bonds is 4. The van der Waals surface area contributed by atoms with Crippen LogP contribution < -0.4 is 5.32 Å². The molecular formula is C13H11BrCl3NS. The average Bonchev–Trinajstić information content (AvgIpc) is 2.69. The third-order valence-corrected chi connectivity index (χ3v) is 5.03. The Morgan fingerprint density at radius 2 is 1.95 bits per heavy atom. The van der Waals surface area contributed by atoms with Gasteiger partial charge in [0.1, 0.15) is 0 Å². The van der Waals surface area contributed by atoms with E-state index in [1.807, 2.05) is 31.2 Å². The summed E-state index contributed by atoms with van der Waals surface area (Å²) >= 11 is 23.4. The summed E-state index contributed by atoms with van der Waals surface area (Å²) in [5.74, 6) is 0. The molecule has 0 saturated carbocycles. The summed E-state index contributed by atoms with van der Waals surface area (Å²) in [6.45, 7) is 2.85. The molecule has 6 heteroatoms. The Morgan fingerprint density at radius 1 is 1.21 bits per heavy atom. The van der Waals surface area contributed by atoms with E-state index in [0.29, 0.717) is 13.7 Å². The van der Waals surface area contributed by atoms with Gasteiger partial charge in [-0.1, -0.05) is 57.7 Å². The minimum atomic E-state index is -0.0637. The van der Waals surface area contributed by atoms with E-state index in [9.17, 15) is 0 Å². The van der Waals surface area contributed by atoms with Gasteiger partial charge in [-0.2, -0.15) is 0 Å². The molecule has 0 radical (unpaired) electrons. The first-order valence-corrected chi connectivity index (χ1v) is 8.40. The first-order chi connectivity index (χ1) is 9.02. The summed E-state index contributed by atoms with van der Waals surface area (Å²) in [6.07, 6.45) is 0. The van der Waals surface area contributed by atoms with Crippen LogP contribution in [0, 0.1) is 0 Å². The summed E-state index contributed by atoms with van der Waals surface area (Å²) < 4.78 is 2.34. The molecule has 0 saturated heterocycles. The predicted octanol–water partition coefficient (Wildman–Crippen LogP) is 6.17. The van der Waals surface area contributed by atoms with Crippen LogP contribution in [0.3, 0.4) is 0 Å². The fourth-order valence-electron chi connectivity index (χ4n) is 1.88. The molecule has 2 rings (SSSR count). The molecule has 0 aliphatic rings. The molecule has 0 fully saturated rings. The zero-order valence-corrected chi connectivity index (χ0v) is 14.7. The molecular weight excluding hydrogens is 388 g/mol. The minimum absolute atomic E-state index is 0.0637. The normalized spacial score (nSPS) is 12.7. The van der Waals surface area contributed by atoms with Gasteiger partial charge in [0.05, 0.1) is 14.7 Å². The summed E-state index contributed by atoms with van der Waals surface area (Å²) in [5.41, 5.74) is 1.94. The van der Waals surface area contributed by atoms with Crippen LogP contribution in [0.4, 0.5) is 0 Å². The maximum absolute atomic E-state index is 6.30. The molecule has 0 spiro atoms. The average molecular weight is 400 g/mol. The van der Waals surface area contributed by atoms with Crippen LogP contribution in [0.5, 0.6) is 0 Å². The molecule has 1 aromatic carbocycles. The highest BCUT2D eigenvalue weighted by molar-refractivity contribution is 9.10. The summed E-state index contributed by atoms with van der Waals surface area (Å²) in [4.78, 5) is 0. The van der Waals surface area contributed by atoms with E-state index >= 15 is 0 Å². The first-order valence-electron chi connectivity index (χ1n) is 5.66. The fraction of sp³-hybridized carbons (Fsp3) is 0.231. The second-order valence-electron chi connectivity index (χ2n) is 3.94. The van der Waals surface area contributed by atoms with Crippen LogP contribution >= 0.6 is 62.1 Å². The molecule has 2 aromatic rings. The Morgan fingerprint density at radius 3 is 2.53 bits per heavy atom. The maximum Gasteiger partial charge on any atom is 0.0995 e. The van der Waals surface area contributed by atoms with Crippen molar-refractivity contribution in [3.05, 3.63) is 53.6 Å². The van der Waals surface area contributed by atoms with Crippen molar-refractivity contribution in [2.75, 3.05) is 6.54 Å². The van der Waals surface area contributed by atoms with Crippen molar-refractivity contribution >= 4 is 62.1 Å². The van der Waals surface area contributed by atoms with E-state index in [2.05, 4.69) is 21.2 Å². The molecule has 1 heterocycles. The highest BCUT2D eigenvalue weighted by Gasteiger charge is 2.21. The van der Waals surface area contributed by atoms with Crippen LogP contribution in [-0.4, -0.2) is 6.54 Å². The number of benzene rings is 1. The van der Waals surface area contributed by atoms with Crippen LogP contribution in [-0.2, 0) is 0 Å². The number of hydrogen-bond donors (Lipinski definition) is 1. The Balaban J connectivity index is 2.51. The van der Waals surface area contributed by atoms with Crippen molar-refractivity contribution in [3.8, 4) is 0 Å². The number of halogens is 4. The lowest BCUT2D eigenvalue weighted by molar-refractivity contribution is 0.632. The molecule has 1 aromatic heterocycles. The van der Waals surface area contributed by atoms with Gasteiger partial charge < -0.3 is 5.32 Å². The summed E-state index contributed by atoms with van der Waals surface area (Å²) in [6, 6.07) is 7.60. The summed E-state index contributed by atoms with van der Waals surface area (Å²) in [7, 11) is 0. The van der Waals surface area contributed by atoms with E-state index < -0.39 is 0 Å². The molecule has 1 atom stereocenters. The third kappa shape index (κ3) is 3.66. The fourth-order valence-corrected chi connectivity index (χ4v) is 4.01. The van der Waals surface area contributed by atoms with Crippen molar-refractivity contribution in [2.24, 2.45) is 0 Å². The van der Waals surface area contributed by atoms with E-state index in [4.69, 9.17) is 34.8 Å². The first kappa shape index (κ1) is 15.6. The Hall–Kier alpha value is 0.230. The van der Waals surface area contributed by atoms with Gasteiger partial charge in [0, 0.05) is 15.1 Å². The van der Waals surface area contributed by atoms with E-state index in [0.717, 1.165) is 22.1 Å². The Kier molecular flexibility index (Phi) is 5.58. The molecule has 0 aliphatic carbocycles. The van der Waals surface area contributed by atoms with Crippen molar-refractivity contribution in [3.63, 3.8) is 0 Å². The highest BCUT2D eigenvalue weighted by Crippen LogP contribution is 2.39. The van der Waals surface area contributed by atoms with Crippen LogP contribution in [0.15, 0.2) is 28.7 Å². The topological polar surface area (TPSA) is 12.0 Å². The second kappa shape index (κ2) is 6.79. The summed E-state index contributed by atoms with van der Waals surface area (Å²) in [5, 5.41) is 4.10. The largest absolute Gasteiger partial charge is 0.306 e. The van der Waals surface area contributed by atoms with Crippen molar-refractivity contribution in [1.82, 2.24) is 5.32 Å². The zero-order chi connectivity index (χ0) is 14.0. The lowest BCUT2D eigenvalue weighted by Gasteiger charge is -2.19. The number of nitrogens with one attached hydrogen (secondary N) is 1. The second-order valence-corrected chi connectivity index (χ2v) is 7.54. The van der Waals surface area contributed by atoms with Gasteiger partial charge in [0.15, 0.2) is 0 Å². The van der Waals surface area contributed by atoms with Gasteiger partial charge in [-0.05, 0) is 36.4 Å². The van der Waals surface area contributed by atoms with Crippen LogP contribution in [0.25, 0.3) is 0 Å². The van der Waals surface area contributed by atoms with Gasteiger partial charge in [-0.3, -0.25) is 0 Å². The zero-order valence-electron chi connectivity index (χ0n) is 10.0. The van der Waals surface area contributed by atoms with Gasteiger partial charge in [-0.25, -0.2) is 0 Å². The third-order valence-electron chi connectivity index (χ3n) is 2.67. The van der Waals surface area contributed by atoms with Crippen molar-refractivity contribution < 1.29 is 0 Å². The van der Waals surface area contributed by atoms with Gasteiger partial charge in [-0.15, -0.1) is 11.3 Å². The Labute approximate surface area is 140 Å². The Bertz CT molecular complexity index is 585. The molecule has 1 unspecified atom stereocenters. The standard InChI is InChI=1S/C13H11BrCl3NS/c1-2-18-12(9-6-11(16)19-13(9)17)8-5-7(14)3-4-10(8)15/h3-6,12,18H,2H2,1H3. The molecule has 19 heavy (non-hydrogen) atoms.